The zero-order valence-electron chi connectivity index (χ0n) is 10.2. The minimum absolute atomic E-state index is 0.403. The second kappa shape index (κ2) is 5.48. The number of halogens is 2. The normalized spacial score (nSPS) is 10.9. The van der Waals surface area contributed by atoms with Crippen LogP contribution in [0.15, 0.2) is 52.4 Å². The molecule has 2 N–H and O–H groups in total. The molecule has 0 atom stereocenters. The number of anilines is 1. The van der Waals surface area contributed by atoms with Crippen LogP contribution in [0.25, 0.3) is 11.0 Å². The standard InChI is InChI=1S/C14H9Cl2N3S/c15-9-6-5-8(7-10(9)16)20-14-13(17)18-11-3-1-2-4-12(11)19-14/h1-7H,(H2,17,18). The summed E-state index contributed by atoms with van der Waals surface area (Å²) < 4.78 is 0. The first-order chi connectivity index (χ1) is 9.63. The quantitative estimate of drug-likeness (QED) is 0.745. The molecule has 2 aromatic carbocycles. The number of hydrogen-bond acceptors (Lipinski definition) is 4. The Balaban J connectivity index is 2.01. The number of aromatic nitrogens is 2. The highest BCUT2D eigenvalue weighted by Gasteiger charge is 2.09. The van der Waals surface area contributed by atoms with Crippen LogP contribution in [0.5, 0.6) is 0 Å². The van der Waals surface area contributed by atoms with Crippen LogP contribution in [0.2, 0.25) is 10.0 Å². The van der Waals surface area contributed by atoms with E-state index in [0.717, 1.165) is 15.9 Å². The van der Waals surface area contributed by atoms with Crippen molar-refractivity contribution in [2.45, 2.75) is 9.92 Å². The number of nitrogen functional groups attached to an aromatic ring is 1. The van der Waals surface area contributed by atoms with Crippen molar-refractivity contribution in [1.29, 1.82) is 0 Å². The largest absolute Gasteiger partial charge is 0.381 e. The maximum absolute atomic E-state index is 6.00. The Labute approximate surface area is 130 Å². The van der Waals surface area contributed by atoms with Crippen LogP contribution in [0.4, 0.5) is 5.82 Å². The Kier molecular flexibility index (Phi) is 3.70. The molecular weight excluding hydrogens is 313 g/mol. The minimum atomic E-state index is 0.403. The molecular formula is C14H9Cl2N3S. The van der Waals surface area contributed by atoms with Crippen LogP contribution >= 0.6 is 35.0 Å². The fourth-order valence-corrected chi connectivity index (χ4v) is 2.92. The topological polar surface area (TPSA) is 51.8 Å². The molecule has 0 unspecified atom stereocenters. The lowest BCUT2D eigenvalue weighted by Crippen LogP contribution is -1.97. The third-order valence-electron chi connectivity index (χ3n) is 2.67. The molecule has 0 fully saturated rings. The summed E-state index contributed by atoms with van der Waals surface area (Å²) in [5.74, 6) is 0.403. The van der Waals surface area contributed by atoms with Crippen molar-refractivity contribution in [2.24, 2.45) is 0 Å². The van der Waals surface area contributed by atoms with Gasteiger partial charge in [0, 0.05) is 4.90 Å². The van der Waals surface area contributed by atoms with Gasteiger partial charge in [0.25, 0.3) is 0 Å². The summed E-state index contributed by atoms with van der Waals surface area (Å²) in [5, 5.41) is 1.68. The Morgan fingerprint density at radius 3 is 2.30 bits per heavy atom. The van der Waals surface area contributed by atoms with E-state index in [-0.39, 0.29) is 0 Å². The zero-order chi connectivity index (χ0) is 14.1. The molecule has 100 valence electrons. The van der Waals surface area contributed by atoms with Crippen LogP contribution in [0, 0.1) is 0 Å². The van der Waals surface area contributed by atoms with Gasteiger partial charge in [-0.3, -0.25) is 0 Å². The van der Waals surface area contributed by atoms with E-state index in [1.165, 1.54) is 11.8 Å². The first-order valence-corrected chi connectivity index (χ1v) is 7.36. The lowest BCUT2D eigenvalue weighted by Gasteiger charge is -2.06. The molecule has 1 aromatic heterocycles. The molecule has 0 saturated carbocycles. The molecule has 0 saturated heterocycles. The van der Waals surface area contributed by atoms with Gasteiger partial charge in [-0.25, -0.2) is 9.97 Å². The molecule has 0 spiro atoms. The van der Waals surface area contributed by atoms with E-state index in [0.29, 0.717) is 20.9 Å². The van der Waals surface area contributed by atoms with Crippen LogP contribution in [0.1, 0.15) is 0 Å². The van der Waals surface area contributed by atoms with Gasteiger partial charge < -0.3 is 5.73 Å². The molecule has 1 heterocycles. The van der Waals surface area contributed by atoms with Crippen LogP contribution in [0.3, 0.4) is 0 Å². The monoisotopic (exact) mass is 321 g/mol. The first-order valence-electron chi connectivity index (χ1n) is 5.78. The number of nitrogens with two attached hydrogens (primary N) is 1. The van der Waals surface area contributed by atoms with Gasteiger partial charge in [0.05, 0.1) is 21.1 Å². The third-order valence-corrected chi connectivity index (χ3v) is 4.39. The van der Waals surface area contributed by atoms with E-state index in [4.69, 9.17) is 28.9 Å². The van der Waals surface area contributed by atoms with Crippen LogP contribution in [-0.4, -0.2) is 9.97 Å². The summed E-state index contributed by atoms with van der Waals surface area (Å²) in [6.45, 7) is 0. The molecule has 0 radical (unpaired) electrons. The summed E-state index contributed by atoms with van der Waals surface area (Å²) >= 11 is 13.3. The first kappa shape index (κ1) is 13.5. The highest BCUT2D eigenvalue weighted by molar-refractivity contribution is 7.99. The van der Waals surface area contributed by atoms with E-state index < -0.39 is 0 Å². The van der Waals surface area contributed by atoms with Gasteiger partial charge in [0.2, 0.25) is 0 Å². The average Bonchev–Trinajstić information content (AvgIpc) is 2.44. The highest BCUT2D eigenvalue weighted by Crippen LogP contribution is 2.34. The summed E-state index contributed by atoms with van der Waals surface area (Å²) in [6, 6.07) is 13.0. The van der Waals surface area contributed by atoms with Gasteiger partial charge in [0.1, 0.15) is 5.03 Å². The van der Waals surface area contributed by atoms with Crippen molar-refractivity contribution >= 4 is 51.8 Å². The Morgan fingerprint density at radius 1 is 0.900 bits per heavy atom. The Morgan fingerprint density at radius 2 is 1.60 bits per heavy atom. The predicted octanol–water partition coefficient (Wildman–Crippen LogP) is 4.67. The molecule has 3 rings (SSSR count). The molecule has 20 heavy (non-hydrogen) atoms. The van der Waals surface area contributed by atoms with E-state index in [2.05, 4.69) is 9.97 Å². The molecule has 0 amide bonds. The minimum Gasteiger partial charge on any atom is -0.381 e. The van der Waals surface area contributed by atoms with Crippen LogP contribution in [-0.2, 0) is 0 Å². The fourth-order valence-electron chi connectivity index (χ4n) is 1.72. The summed E-state index contributed by atoms with van der Waals surface area (Å²) in [4.78, 5) is 9.78. The second-order valence-corrected chi connectivity index (χ2v) is 5.96. The molecule has 6 heteroatoms. The summed E-state index contributed by atoms with van der Waals surface area (Å²) in [6.07, 6.45) is 0. The smallest absolute Gasteiger partial charge is 0.157 e. The molecule has 0 aliphatic heterocycles. The van der Waals surface area contributed by atoms with Crippen molar-refractivity contribution in [2.75, 3.05) is 5.73 Å². The zero-order valence-corrected chi connectivity index (χ0v) is 12.5. The van der Waals surface area contributed by atoms with E-state index in [1.54, 1.807) is 12.1 Å². The van der Waals surface area contributed by atoms with Crippen molar-refractivity contribution in [3.05, 3.63) is 52.5 Å². The van der Waals surface area contributed by atoms with Crippen molar-refractivity contribution in [1.82, 2.24) is 9.97 Å². The molecule has 3 nitrogen and oxygen atoms in total. The summed E-state index contributed by atoms with van der Waals surface area (Å²) in [7, 11) is 0. The van der Waals surface area contributed by atoms with E-state index in [9.17, 15) is 0 Å². The van der Waals surface area contributed by atoms with Gasteiger partial charge in [-0.05, 0) is 30.3 Å². The third kappa shape index (κ3) is 2.68. The van der Waals surface area contributed by atoms with E-state index >= 15 is 0 Å². The maximum atomic E-state index is 6.00. The highest BCUT2D eigenvalue weighted by atomic mass is 35.5. The van der Waals surface area contributed by atoms with Crippen molar-refractivity contribution in [3.63, 3.8) is 0 Å². The van der Waals surface area contributed by atoms with Crippen LogP contribution < -0.4 is 5.73 Å². The number of para-hydroxylation sites is 2. The van der Waals surface area contributed by atoms with Crippen molar-refractivity contribution < 1.29 is 0 Å². The number of fused-ring (bicyclic) bond motifs is 1. The molecule has 0 aliphatic carbocycles. The molecule has 0 bridgehead atoms. The fraction of sp³-hybridized carbons (Fsp3) is 0. The lowest BCUT2D eigenvalue weighted by molar-refractivity contribution is 1.13. The number of hydrogen-bond donors (Lipinski definition) is 1. The van der Waals surface area contributed by atoms with E-state index in [1.807, 2.05) is 30.3 Å². The number of benzene rings is 2. The summed E-state index contributed by atoms with van der Waals surface area (Å²) in [5.41, 5.74) is 7.54. The average molecular weight is 322 g/mol. The maximum Gasteiger partial charge on any atom is 0.157 e. The number of nitrogens with zero attached hydrogens (tertiary/aromatic N) is 2. The number of rotatable bonds is 2. The SMILES string of the molecule is Nc1nc2ccccc2nc1Sc1ccc(Cl)c(Cl)c1. The Bertz CT molecular complexity index is 792. The van der Waals surface area contributed by atoms with Gasteiger partial charge in [-0.15, -0.1) is 0 Å². The van der Waals surface area contributed by atoms with Gasteiger partial charge in [0.15, 0.2) is 5.82 Å². The lowest BCUT2D eigenvalue weighted by atomic mass is 10.3. The molecule has 0 aliphatic rings. The van der Waals surface area contributed by atoms with Gasteiger partial charge in [-0.2, -0.15) is 0 Å². The predicted molar refractivity (Wildman–Crippen MR) is 84.5 cm³/mol. The van der Waals surface area contributed by atoms with Crippen molar-refractivity contribution in [3.8, 4) is 0 Å². The van der Waals surface area contributed by atoms with Gasteiger partial charge in [-0.1, -0.05) is 47.1 Å². The van der Waals surface area contributed by atoms with Gasteiger partial charge >= 0.3 is 0 Å². The second-order valence-electron chi connectivity index (χ2n) is 4.08. The molecule has 3 aromatic rings. The Hall–Kier alpha value is -1.49.